The van der Waals surface area contributed by atoms with Gasteiger partial charge in [-0.05, 0) is 17.7 Å². The zero-order chi connectivity index (χ0) is 12.6. The normalized spacial score (nSPS) is 12.9. The molecular formula is C11H13ClF3N. The predicted molar refractivity (Wildman–Crippen MR) is 58.5 cm³/mol. The van der Waals surface area contributed by atoms with Crippen LogP contribution in [0.15, 0.2) is 18.2 Å². The number of alkyl halides is 3. The van der Waals surface area contributed by atoms with Crippen LogP contribution in [0, 0.1) is 0 Å². The maximum Gasteiger partial charge on any atom is 0.416 e. The molecule has 0 aliphatic rings. The molecule has 90 valence electrons. The molecule has 0 aliphatic heterocycles. The second-order valence-electron chi connectivity index (χ2n) is 4.28. The minimum atomic E-state index is -4.41. The lowest BCUT2D eigenvalue weighted by atomic mass is 9.81. The fourth-order valence-corrected chi connectivity index (χ4v) is 1.62. The number of halogens is 4. The number of hydrogen-bond acceptors (Lipinski definition) is 1. The van der Waals surface area contributed by atoms with Gasteiger partial charge in [0.1, 0.15) is 0 Å². The van der Waals surface area contributed by atoms with E-state index in [1.54, 1.807) is 13.8 Å². The summed E-state index contributed by atoms with van der Waals surface area (Å²) >= 11 is 5.58. The molecule has 1 nitrogen and oxygen atoms in total. The highest BCUT2D eigenvalue weighted by Gasteiger charge is 2.37. The molecule has 1 rings (SSSR count). The molecule has 1 aromatic carbocycles. The van der Waals surface area contributed by atoms with Gasteiger partial charge in [0.2, 0.25) is 0 Å². The quantitative estimate of drug-likeness (QED) is 0.854. The van der Waals surface area contributed by atoms with Crippen LogP contribution in [0.1, 0.15) is 25.0 Å². The lowest BCUT2D eigenvalue weighted by molar-refractivity contribution is -0.138. The van der Waals surface area contributed by atoms with Gasteiger partial charge in [-0.1, -0.05) is 31.5 Å². The van der Waals surface area contributed by atoms with Gasteiger partial charge in [-0.2, -0.15) is 13.2 Å². The fraction of sp³-hybridized carbons (Fsp3) is 0.455. The third-order valence-corrected chi connectivity index (χ3v) is 2.76. The van der Waals surface area contributed by atoms with E-state index in [1.807, 2.05) is 0 Å². The Kier molecular flexibility index (Phi) is 3.55. The highest BCUT2D eigenvalue weighted by molar-refractivity contribution is 6.30. The third kappa shape index (κ3) is 2.68. The maximum atomic E-state index is 12.8. The molecule has 0 bridgehead atoms. The molecule has 5 heteroatoms. The summed E-state index contributed by atoms with van der Waals surface area (Å²) in [5.41, 5.74) is 4.22. The molecule has 0 heterocycles. The molecule has 0 unspecified atom stereocenters. The van der Waals surface area contributed by atoms with E-state index in [0.29, 0.717) is 0 Å². The second kappa shape index (κ2) is 4.26. The van der Waals surface area contributed by atoms with Crippen molar-refractivity contribution in [3.05, 3.63) is 34.3 Å². The van der Waals surface area contributed by atoms with E-state index in [1.165, 1.54) is 12.1 Å². The third-order valence-electron chi connectivity index (χ3n) is 2.53. The standard InChI is InChI=1S/C11H13ClF3N/c1-10(2,6-16)8-4-3-7(12)5-9(8)11(13,14)15/h3-5H,6,16H2,1-2H3. The van der Waals surface area contributed by atoms with Crippen molar-refractivity contribution in [1.29, 1.82) is 0 Å². The molecule has 0 aliphatic carbocycles. The summed E-state index contributed by atoms with van der Waals surface area (Å²) in [4.78, 5) is 0. The fourth-order valence-electron chi connectivity index (χ4n) is 1.45. The molecule has 0 spiro atoms. The van der Waals surface area contributed by atoms with E-state index in [0.717, 1.165) is 6.07 Å². The zero-order valence-corrected chi connectivity index (χ0v) is 9.78. The van der Waals surface area contributed by atoms with E-state index in [9.17, 15) is 13.2 Å². The average Bonchev–Trinajstić information content (AvgIpc) is 2.16. The molecule has 0 amide bonds. The van der Waals surface area contributed by atoms with Gasteiger partial charge in [0.05, 0.1) is 5.56 Å². The Morgan fingerprint density at radius 2 is 1.75 bits per heavy atom. The summed E-state index contributed by atoms with van der Waals surface area (Å²) in [5.74, 6) is 0. The van der Waals surface area contributed by atoms with E-state index in [2.05, 4.69) is 0 Å². The Morgan fingerprint density at radius 1 is 1.19 bits per heavy atom. The van der Waals surface area contributed by atoms with Gasteiger partial charge >= 0.3 is 6.18 Å². The van der Waals surface area contributed by atoms with Crippen LogP contribution in [-0.4, -0.2) is 6.54 Å². The number of hydrogen-bond donors (Lipinski definition) is 1. The first-order chi connectivity index (χ1) is 7.18. The minimum Gasteiger partial charge on any atom is -0.330 e. The highest BCUT2D eigenvalue weighted by Crippen LogP contribution is 2.38. The monoisotopic (exact) mass is 251 g/mol. The van der Waals surface area contributed by atoms with Crippen molar-refractivity contribution in [2.75, 3.05) is 6.54 Å². The molecule has 16 heavy (non-hydrogen) atoms. The van der Waals surface area contributed by atoms with E-state index in [-0.39, 0.29) is 17.1 Å². The van der Waals surface area contributed by atoms with Gasteiger partial charge in [-0.3, -0.25) is 0 Å². The molecular weight excluding hydrogens is 239 g/mol. The molecule has 0 saturated carbocycles. The Morgan fingerprint density at radius 3 is 2.19 bits per heavy atom. The van der Waals surface area contributed by atoms with Crippen LogP contribution in [-0.2, 0) is 11.6 Å². The number of benzene rings is 1. The summed E-state index contributed by atoms with van der Waals surface area (Å²) in [6.07, 6.45) is -4.41. The Hall–Kier alpha value is -0.740. The molecule has 0 aromatic heterocycles. The summed E-state index contributed by atoms with van der Waals surface area (Å²) in [5, 5.41) is 0.0731. The van der Waals surface area contributed by atoms with Crippen molar-refractivity contribution < 1.29 is 13.2 Å². The summed E-state index contributed by atoms with van der Waals surface area (Å²) in [7, 11) is 0. The molecule has 2 N–H and O–H groups in total. The first-order valence-corrected chi connectivity index (χ1v) is 5.13. The van der Waals surface area contributed by atoms with Gasteiger partial charge in [0.15, 0.2) is 0 Å². The largest absolute Gasteiger partial charge is 0.416 e. The van der Waals surface area contributed by atoms with Crippen LogP contribution in [0.5, 0.6) is 0 Å². The van der Waals surface area contributed by atoms with Gasteiger partial charge in [-0.25, -0.2) is 0 Å². The Bertz CT molecular complexity index is 385. The van der Waals surface area contributed by atoms with Gasteiger partial charge in [0, 0.05) is 17.0 Å². The number of rotatable bonds is 2. The van der Waals surface area contributed by atoms with Gasteiger partial charge in [0.25, 0.3) is 0 Å². The van der Waals surface area contributed by atoms with E-state index < -0.39 is 17.2 Å². The summed E-state index contributed by atoms with van der Waals surface area (Å²) in [6, 6.07) is 3.77. The summed E-state index contributed by atoms with van der Waals surface area (Å²) in [6.45, 7) is 3.48. The van der Waals surface area contributed by atoms with Crippen LogP contribution >= 0.6 is 11.6 Å². The smallest absolute Gasteiger partial charge is 0.330 e. The average molecular weight is 252 g/mol. The van der Waals surface area contributed by atoms with Crippen LogP contribution < -0.4 is 5.73 Å². The van der Waals surface area contributed by atoms with Crippen LogP contribution in [0.25, 0.3) is 0 Å². The van der Waals surface area contributed by atoms with Gasteiger partial charge < -0.3 is 5.73 Å². The highest BCUT2D eigenvalue weighted by atomic mass is 35.5. The van der Waals surface area contributed by atoms with Crippen molar-refractivity contribution in [3.63, 3.8) is 0 Å². The van der Waals surface area contributed by atoms with E-state index >= 15 is 0 Å². The molecule has 0 atom stereocenters. The predicted octanol–water partition coefficient (Wildman–Crippen LogP) is 3.60. The summed E-state index contributed by atoms with van der Waals surface area (Å²) < 4.78 is 38.4. The SMILES string of the molecule is CC(C)(CN)c1ccc(Cl)cc1C(F)(F)F. The van der Waals surface area contributed by atoms with Crippen LogP contribution in [0.3, 0.4) is 0 Å². The van der Waals surface area contributed by atoms with Crippen molar-refractivity contribution in [2.24, 2.45) is 5.73 Å². The van der Waals surface area contributed by atoms with Crippen LogP contribution in [0.4, 0.5) is 13.2 Å². The Balaban J connectivity index is 3.40. The van der Waals surface area contributed by atoms with Crippen LogP contribution in [0.2, 0.25) is 5.02 Å². The Labute approximate surface area is 97.4 Å². The molecule has 1 aromatic rings. The van der Waals surface area contributed by atoms with Gasteiger partial charge in [-0.15, -0.1) is 0 Å². The second-order valence-corrected chi connectivity index (χ2v) is 4.71. The molecule has 0 saturated heterocycles. The zero-order valence-electron chi connectivity index (χ0n) is 9.03. The first-order valence-electron chi connectivity index (χ1n) is 4.76. The molecule has 0 radical (unpaired) electrons. The minimum absolute atomic E-state index is 0.0731. The molecule has 0 fully saturated rings. The van der Waals surface area contributed by atoms with Crippen molar-refractivity contribution in [3.8, 4) is 0 Å². The number of nitrogens with two attached hydrogens (primary N) is 1. The maximum absolute atomic E-state index is 12.8. The van der Waals surface area contributed by atoms with Crippen molar-refractivity contribution in [2.45, 2.75) is 25.4 Å². The van der Waals surface area contributed by atoms with Crippen molar-refractivity contribution in [1.82, 2.24) is 0 Å². The van der Waals surface area contributed by atoms with Crippen molar-refractivity contribution >= 4 is 11.6 Å². The van der Waals surface area contributed by atoms with E-state index in [4.69, 9.17) is 17.3 Å². The first kappa shape index (κ1) is 13.3. The topological polar surface area (TPSA) is 26.0 Å². The lowest BCUT2D eigenvalue weighted by Crippen LogP contribution is -2.30. The lowest BCUT2D eigenvalue weighted by Gasteiger charge is -2.27.